The summed E-state index contributed by atoms with van der Waals surface area (Å²) in [5.41, 5.74) is 0.681. The maximum absolute atomic E-state index is 11.4. The number of aliphatic hydroxyl groups excluding tert-OH is 2. The number of rotatable bonds is 6. The van der Waals surface area contributed by atoms with Crippen molar-refractivity contribution < 1.29 is 28.2 Å². The summed E-state index contributed by atoms with van der Waals surface area (Å²) in [7, 11) is -2.09. The van der Waals surface area contributed by atoms with Crippen LogP contribution in [0.15, 0.2) is 24.3 Å². The quantitative estimate of drug-likeness (QED) is 0.727. The number of esters is 1. The third-order valence-corrected chi connectivity index (χ3v) is 3.59. The summed E-state index contributed by atoms with van der Waals surface area (Å²) in [6, 6.07) is 6.34. The van der Waals surface area contributed by atoms with Gasteiger partial charge in [0, 0.05) is 6.26 Å². The van der Waals surface area contributed by atoms with Crippen LogP contribution in [0.5, 0.6) is 0 Å². The molecular formula is C13H18O6S. The Morgan fingerprint density at radius 3 is 2.45 bits per heavy atom. The average molecular weight is 302 g/mol. The van der Waals surface area contributed by atoms with Crippen LogP contribution in [0, 0.1) is 0 Å². The van der Waals surface area contributed by atoms with Gasteiger partial charge in [-0.15, -0.1) is 0 Å². The molecule has 0 bridgehead atoms. The molecule has 1 aromatic rings. The minimum Gasteiger partial charge on any atom is -0.469 e. The molecule has 2 N–H and O–H groups in total. The molecule has 2 atom stereocenters. The Balaban J connectivity index is 2.98. The SMILES string of the molecule is COC(=O)CC(O)C(O)c1ccccc1CS(C)(=O)=O. The molecule has 20 heavy (non-hydrogen) atoms. The van der Waals surface area contributed by atoms with Crippen molar-refractivity contribution in [3.8, 4) is 0 Å². The first-order valence-electron chi connectivity index (χ1n) is 5.93. The molecule has 0 aromatic heterocycles. The summed E-state index contributed by atoms with van der Waals surface area (Å²) in [5.74, 6) is -0.900. The predicted molar refractivity (Wildman–Crippen MR) is 72.6 cm³/mol. The highest BCUT2D eigenvalue weighted by atomic mass is 32.2. The monoisotopic (exact) mass is 302 g/mol. The molecule has 7 heteroatoms. The molecule has 0 aliphatic heterocycles. The van der Waals surface area contributed by atoms with Crippen molar-refractivity contribution in [3.63, 3.8) is 0 Å². The van der Waals surface area contributed by atoms with E-state index in [4.69, 9.17) is 0 Å². The highest BCUT2D eigenvalue weighted by Crippen LogP contribution is 2.24. The Labute approximate surface area is 117 Å². The highest BCUT2D eigenvalue weighted by molar-refractivity contribution is 7.89. The fourth-order valence-corrected chi connectivity index (χ4v) is 2.64. The summed E-state index contributed by atoms with van der Waals surface area (Å²) < 4.78 is 27.1. The minimum absolute atomic E-state index is 0.245. The standard InChI is InChI=1S/C13H18O6S/c1-19-12(15)7-11(14)13(16)10-6-4-3-5-9(10)8-20(2,17)18/h3-6,11,13-14,16H,7-8H2,1-2H3. The number of sulfone groups is 1. The normalized spacial score (nSPS) is 14.6. The van der Waals surface area contributed by atoms with E-state index in [9.17, 15) is 23.4 Å². The van der Waals surface area contributed by atoms with Crippen LogP contribution >= 0.6 is 0 Å². The fourth-order valence-electron chi connectivity index (χ4n) is 1.81. The lowest BCUT2D eigenvalue weighted by atomic mass is 9.98. The Morgan fingerprint density at radius 2 is 1.90 bits per heavy atom. The van der Waals surface area contributed by atoms with Gasteiger partial charge in [0.05, 0.1) is 25.4 Å². The van der Waals surface area contributed by atoms with Gasteiger partial charge in [0.25, 0.3) is 0 Å². The molecule has 0 radical (unpaired) electrons. The molecule has 1 rings (SSSR count). The Bertz CT molecular complexity index is 566. The van der Waals surface area contributed by atoms with Gasteiger partial charge in [-0.3, -0.25) is 4.79 Å². The summed E-state index contributed by atoms with van der Waals surface area (Å²) in [6.45, 7) is 0. The topological polar surface area (TPSA) is 101 Å². The Hall–Kier alpha value is -1.44. The summed E-state index contributed by atoms with van der Waals surface area (Å²) >= 11 is 0. The van der Waals surface area contributed by atoms with Crippen molar-refractivity contribution in [2.24, 2.45) is 0 Å². The molecule has 0 heterocycles. The number of hydrogen-bond donors (Lipinski definition) is 2. The molecule has 2 unspecified atom stereocenters. The lowest BCUT2D eigenvalue weighted by Gasteiger charge is -2.19. The molecule has 0 spiro atoms. The second-order valence-corrected chi connectivity index (χ2v) is 6.70. The zero-order chi connectivity index (χ0) is 15.3. The van der Waals surface area contributed by atoms with Gasteiger partial charge in [-0.25, -0.2) is 8.42 Å². The Kier molecular flexibility index (Phi) is 5.67. The van der Waals surface area contributed by atoms with Gasteiger partial charge >= 0.3 is 5.97 Å². The summed E-state index contributed by atoms with van der Waals surface area (Å²) in [6.07, 6.45) is -2.00. The lowest BCUT2D eigenvalue weighted by molar-refractivity contribution is -0.144. The molecule has 0 aliphatic carbocycles. The molecule has 0 amide bonds. The molecule has 0 fully saturated rings. The average Bonchev–Trinajstić information content (AvgIpc) is 2.36. The van der Waals surface area contributed by atoms with Crippen molar-refractivity contribution in [1.82, 2.24) is 0 Å². The van der Waals surface area contributed by atoms with Crippen LogP contribution in [0.25, 0.3) is 0 Å². The smallest absolute Gasteiger partial charge is 0.308 e. The molecule has 6 nitrogen and oxygen atoms in total. The van der Waals surface area contributed by atoms with Gasteiger partial charge in [-0.2, -0.15) is 0 Å². The minimum atomic E-state index is -3.27. The highest BCUT2D eigenvalue weighted by Gasteiger charge is 2.24. The second-order valence-electron chi connectivity index (χ2n) is 4.56. The number of carbonyl (C=O) groups excluding carboxylic acids is 1. The van der Waals surface area contributed by atoms with Gasteiger partial charge < -0.3 is 14.9 Å². The third kappa shape index (κ3) is 4.92. The number of methoxy groups -OCH3 is 1. The van der Waals surface area contributed by atoms with Crippen molar-refractivity contribution in [2.45, 2.75) is 24.4 Å². The van der Waals surface area contributed by atoms with Crippen LogP contribution in [-0.4, -0.2) is 44.1 Å². The maximum atomic E-state index is 11.4. The van der Waals surface area contributed by atoms with E-state index in [-0.39, 0.29) is 17.7 Å². The van der Waals surface area contributed by atoms with Gasteiger partial charge in [-0.1, -0.05) is 24.3 Å². The number of ether oxygens (including phenoxy) is 1. The first kappa shape index (κ1) is 16.6. The van der Waals surface area contributed by atoms with Crippen molar-refractivity contribution >= 4 is 15.8 Å². The lowest BCUT2D eigenvalue weighted by Crippen LogP contribution is -2.23. The number of benzene rings is 1. The van der Waals surface area contributed by atoms with Gasteiger partial charge in [0.15, 0.2) is 9.84 Å². The molecule has 112 valence electrons. The predicted octanol–water partition coefficient (Wildman–Crippen LogP) is 0.189. The van der Waals surface area contributed by atoms with Crippen LogP contribution in [0.1, 0.15) is 23.7 Å². The van der Waals surface area contributed by atoms with Crippen LogP contribution in [0.4, 0.5) is 0 Å². The first-order chi connectivity index (χ1) is 9.24. The first-order valence-corrected chi connectivity index (χ1v) is 7.99. The van der Waals surface area contributed by atoms with E-state index in [0.29, 0.717) is 5.56 Å². The molecule has 0 aliphatic rings. The van der Waals surface area contributed by atoms with Crippen LogP contribution in [0.3, 0.4) is 0 Å². The van der Waals surface area contributed by atoms with Crippen LogP contribution in [-0.2, 0) is 25.1 Å². The molecule has 0 saturated carbocycles. The van der Waals surface area contributed by atoms with E-state index < -0.39 is 28.0 Å². The number of hydrogen-bond acceptors (Lipinski definition) is 6. The van der Waals surface area contributed by atoms with Gasteiger partial charge in [-0.05, 0) is 11.1 Å². The van der Waals surface area contributed by atoms with E-state index in [1.807, 2.05) is 0 Å². The van der Waals surface area contributed by atoms with Crippen molar-refractivity contribution in [2.75, 3.05) is 13.4 Å². The van der Waals surface area contributed by atoms with E-state index in [0.717, 1.165) is 6.26 Å². The third-order valence-electron chi connectivity index (χ3n) is 2.76. The van der Waals surface area contributed by atoms with Crippen LogP contribution in [0.2, 0.25) is 0 Å². The van der Waals surface area contributed by atoms with E-state index in [2.05, 4.69) is 4.74 Å². The molecule has 0 saturated heterocycles. The zero-order valence-electron chi connectivity index (χ0n) is 11.3. The number of carbonyl (C=O) groups is 1. The second kappa shape index (κ2) is 6.83. The van der Waals surface area contributed by atoms with Crippen molar-refractivity contribution in [3.05, 3.63) is 35.4 Å². The van der Waals surface area contributed by atoms with Gasteiger partial charge in [0.2, 0.25) is 0 Å². The largest absolute Gasteiger partial charge is 0.469 e. The van der Waals surface area contributed by atoms with Gasteiger partial charge in [0.1, 0.15) is 6.10 Å². The van der Waals surface area contributed by atoms with Crippen molar-refractivity contribution in [1.29, 1.82) is 0 Å². The van der Waals surface area contributed by atoms with Crippen LogP contribution < -0.4 is 0 Å². The zero-order valence-corrected chi connectivity index (χ0v) is 12.1. The molecular weight excluding hydrogens is 284 g/mol. The molecule has 1 aromatic carbocycles. The number of aliphatic hydroxyl groups is 2. The maximum Gasteiger partial charge on any atom is 0.308 e. The Morgan fingerprint density at radius 1 is 1.30 bits per heavy atom. The van der Waals surface area contributed by atoms with E-state index in [1.54, 1.807) is 18.2 Å². The van der Waals surface area contributed by atoms with E-state index in [1.165, 1.54) is 13.2 Å². The summed E-state index contributed by atoms with van der Waals surface area (Å²) in [5, 5.41) is 19.9. The summed E-state index contributed by atoms with van der Waals surface area (Å²) in [4.78, 5) is 11.1. The fraction of sp³-hybridized carbons (Fsp3) is 0.462. The van der Waals surface area contributed by atoms with E-state index >= 15 is 0 Å².